The van der Waals surface area contributed by atoms with Gasteiger partial charge in [0.05, 0.1) is 17.3 Å². The van der Waals surface area contributed by atoms with Gasteiger partial charge in [-0.15, -0.1) is 0 Å². The lowest BCUT2D eigenvalue weighted by Gasteiger charge is -2.26. The van der Waals surface area contributed by atoms with Gasteiger partial charge in [0.2, 0.25) is 5.91 Å². The fourth-order valence-electron chi connectivity index (χ4n) is 3.48. The molecule has 0 aliphatic carbocycles. The van der Waals surface area contributed by atoms with Crippen LogP contribution in [0.1, 0.15) is 38.7 Å². The number of carbonyl (C=O) groups is 1. The summed E-state index contributed by atoms with van der Waals surface area (Å²) in [6.45, 7) is 6.73. The average Bonchev–Trinajstić information content (AvgIpc) is 3.27. The number of hydrogen-bond acceptors (Lipinski definition) is 5. The molecule has 0 radical (unpaired) electrons. The van der Waals surface area contributed by atoms with Gasteiger partial charge in [-0.2, -0.15) is 0 Å². The molecular weight excluding hydrogens is 394 g/mol. The number of thioether (sulfide) groups is 1. The predicted octanol–water partition coefficient (Wildman–Crippen LogP) is 3.12. The van der Waals surface area contributed by atoms with Crippen LogP contribution in [-0.4, -0.2) is 58.6 Å². The molecule has 2 aromatic rings. The smallest absolute Gasteiger partial charge is 0.233 e. The summed E-state index contributed by atoms with van der Waals surface area (Å²) in [5.41, 5.74) is 2.28. The molecule has 1 amide bonds. The molecule has 2 heterocycles. The largest absolute Gasteiger partial charge is 0.338 e. The summed E-state index contributed by atoms with van der Waals surface area (Å²) in [7, 11) is -3.01. The van der Waals surface area contributed by atoms with Crippen LogP contribution in [0.5, 0.6) is 0 Å². The van der Waals surface area contributed by atoms with Crippen molar-refractivity contribution in [2.45, 2.75) is 44.3 Å². The maximum Gasteiger partial charge on any atom is 0.233 e. The number of imidazole rings is 1. The molecule has 3 rings (SSSR count). The minimum atomic E-state index is -3.01. The van der Waals surface area contributed by atoms with Crippen molar-refractivity contribution in [3.63, 3.8) is 0 Å². The minimum absolute atomic E-state index is 0.0423. The molecule has 1 saturated heterocycles. The third kappa shape index (κ3) is 4.78. The van der Waals surface area contributed by atoms with Crippen molar-refractivity contribution in [1.82, 2.24) is 14.5 Å². The molecule has 0 saturated carbocycles. The first-order chi connectivity index (χ1) is 13.3. The van der Waals surface area contributed by atoms with E-state index in [9.17, 15) is 13.2 Å². The molecule has 6 nitrogen and oxygen atoms in total. The van der Waals surface area contributed by atoms with Crippen LogP contribution >= 0.6 is 11.8 Å². The van der Waals surface area contributed by atoms with Gasteiger partial charge < -0.3 is 4.90 Å². The maximum absolute atomic E-state index is 12.7. The summed E-state index contributed by atoms with van der Waals surface area (Å²) >= 11 is 1.38. The number of hydrogen-bond donors (Lipinski definition) is 0. The standard InChI is InChI=1S/C20H27N3O3S2/c1-4-22(18-9-12-28(25,26)14-18)19(24)13-27-20-21-10-11-23(20)17-7-5-16(6-8-17)15(2)3/h5-8,10-11,15,18H,4,9,12-14H2,1-3H3. The molecule has 1 fully saturated rings. The monoisotopic (exact) mass is 421 g/mol. The fraction of sp³-hybridized carbons (Fsp3) is 0.500. The van der Waals surface area contributed by atoms with Crippen molar-refractivity contribution < 1.29 is 13.2 Å². The van der Waals surface area contributed by atoms with Gasteiger partial charge in [0.1, 0.15) is 0 Å². The van der Waals surface area contributed by atoms with Crippen LogP contribution in [0.3, 0.4) is 0 Å². The van der Waals surface area contributed by atoms with Crippen LogP contribution in [0.2, 0.25) is 0 Å². The highest BCUT2D eigenvalue weighted by atomic mass is 32.2. The van der Waals surface area contributed by atoms with Crippen LogP contribution in [-0.2, 0) is 14.6 Å². The minimum Gasteiger partial charge on any atom is -0.338 e. The van der Waals surface area contributed by atoms with Gasteiger partial charge >= 0.3 is 0 Å². The number of benzene rings is 1. The van der Waals surface area contributed by atoms with Gasteiger partial charge in [-0.1, -0.05) is 37.7 Å². The lowest BCUT2D eigenvalue weighted by atomic mass is 10.0. The molecule has 0 bridgehead atoms. The van der Waals surface area contributed by atoms with E-state index in [1.807, 2.05) is 17.7 Å². The van der Waals surface area contributed by atoms with Gasteiger partial charge in [0.25, 0.3) is 0 Å². The third-order valence-electron chi connectivity index (χ3n) is 5.08. The molecule has 1 aliphatic rings. The second-order valence-corrected chi connectivity index (χ2v) is 10.5. The zero-order chi connectivity index (χ0) is 20.3. The summed E-state index contributed by atoms with van der Waals surface area (Å²) in [5, 5.41) is 0.751. The first kappa shape index (κ1) is 20.9. The van der Waals surface area contributed by atoms with E-state index in [4.69, 9.17) is 0 Å². The molecule has 1 atom stereocenters. The molecule has 152 valence electrons. The number of amides is 1. The topological polar surface area (TPSA) is 72.3 Å². The summed E-state index contributed by atoms with van der Waals surface area (Å²) < 4.78 is 25.4. The Kier molecular flexibility index (Phi) is 6.50. The predicted molar refractivity (Wildman–Crippen MR) is 113 cm³/mol. The van der Waals surface area contributed by atoms with E-state index in [0.717, 1.165) is 10.8 Å². The summed E-state index contributed by atoms with van der Waals surface area (Å²) in [5.74, 6) is 0.923. The van der Waals surface area contributed by atoms with Crippen LogP contribution in [0, 0.1) is 0 Å². The number of aromatic nitrogens is 2. The lowest BCUT2D eigenvalue weighted by molar-refractivity contribution is -0.129. The molecule has 1 aromatic heterocycles. The van der Waals surface area contributed by atoms with E-state index in [-0.39, 0.29) is 29.2 Å². The highest BCUT2D eigenvalue weighted by Crippen LogP contribution is 2.24. The average molecular weight is 422 g/mol. The van der Waals surface area contributed by atoms with Gasteiger partial charge in [0.15, 0.2) is 15.0 Å². The van der Waals surface area contributed by atoms with Crippen molar-refractivity contribution in [1.29, 1.82) is 0 Å². The fourth-order valence-corrected chi connectivity index (χ4v) is 6.07. The first-order valence-electron chi connectivity index (χ1n) is 9.57. The second-order valence-electron chi connectivity index (χ2n) is 7.35. The third-order valence-corrected chi connectivity index (χ3v) is 7.78. The maximum atomic E-state index is 12.7. The van der Waals surface area contributed by atoms with E-state index in [1.54, 1.807) is 11.1 Å². The Morgan fingerprint density at radius 1 is 1.32 bits per heavy atom. The van der Waals surface area contributed by atoms with Crippen molar-refractivity contribution in [3.05, 3.63) is 42.2 Å². The molecule has 0 N–H and O–H groups in total. The SMILES string of the molecule is CCN(C(=O)CSc1nccn1-c1ccc(C(C)C)cc1)C1CCS(=O)(=O)C1. The van der Waals surface area contributed by atoms with Crippen molar-refractivity contribution in [2.24, 2.45) is 0 Å². The summed E-state index contributed by atoms with van der Waals surface area (Å²) in [4.78, 5) is 18.8. The van der Waals surface area contributed by atoms with E-state index < -0.39 is 9.84 Å². The Morgan fingerprint density at radius 3 is 2.61 bits per heavy atom. The summed E-state index contributed by atoms with van der Waals surface area (Å²) in [6.07, 6.45) is 4.14. The summed E-state index contributed by atoms with van der Waals surface area (Å²) in [6, 6.07) is 8.14. The Morgan fingerprint density at radius 2 is 2.04 bits per heavy atom. The Bertz CT molecular complexity index is 920. The molecule has 1 aromatic carbocycles. The number of nitrogens with zero attached hydrogens (tertiary/aromatic N) is 3. The van der Waals surface area contributed by atoms with E-state index >= 15 is 0 Å². The normalized spacial score (nSPS) is 18.5. The van der Waals surface area contributed by atoms with Crippen LogP contribution < -0.4 is 0 Å². The van der Waals surface area contributed by atoms with Crippen LogP contribution in [0.25, 0.3) is 5.69 Å². The number of carbonyl (C=O) groups excluding carboxylic acids is 1. The van der Waals surface area contributed by atoms with Gasteiger partial charge in [-0.3, -0.25) is 9.36 Å². The van der Waals surface area contributed by atoms with E-state index in [1.165, 1.54) is 17.3 Å². The van der Waals surface area contributed by atoms with Gasteiger partial charge in [-0.05, 0) is 37.0 Å². The van der Waals surface area contributed by atoms with E-state index in [2.05, 4.69) is 43.1 Å². The zero-order valence-corrected chi connectivity index (χ0v) is 18.2. The number of rotatable bonds is 7. The van der Waals surface area contributed by atoms with Gasteiger partial charge in [-0.25, -0.2) is 13.4 Å². The zero-order valence-electron chi connectivity index (χ0n) is 16.5. The lowest BCUT2D eigenvalue weighted by Crippen LogP contribution is -2.42. The highest BCUT2D eigenvalue weighted by molar-refractivity contribution is 7.99. The Labute approximate surface area is 171 Å². The van der Waals surface area contributed by atoms with E-state index in [0.29, 0.717) is 18.9 Å². The van der Waals surface area contributed by atoms with Crippen LogP contribution in [0.4, 0.5) is 0 Å². The molecule has 0 spiro atoms. The highest BCUT2D eigenvalue weighted by Gasteiger charge is 2.33. The molecular formula is C20H27N3O3S2. The quantitative estimate of drug-likeness (QED) is 0.642. The van der Waals surface area contributed by atoms with Crippen molar-refractivity contribution >= 4 is 27.5 Å². The number of sulfone groups is 1. The Hall–Kier alpha value is -1.80. The van der Waals surface area contributed by atoms with Crippen molar-refractivity contribution in [3.8, 4) is 5.69 Å². The van der Waals surface area contributed by atoms with Crippen molar-refractivity contribution in [2.75, 3.05) is 23.8 Å². The van der Waals surface area contributed by atoms with Crippen LogP contribution in [0.15, 0.2) is 41.8 Å². The molecule has 28 heavy (non-hydrogen) atoms. The van der Waals surface area contributed by atoms with Gasteiger partial charge in [0, 0.05) is 30.7 Å². The first-order valence-corrected chi connectivity index (χ1v) is 12.4. The molecule has 1 unspecified atom stereocenters. The molecule has 8 heteroatoms. The Balaban J connectivity index is 1.66. The molecule has 1 aliphatic heterocycles. The second kappa shape index (κ2) is 8.69.